The molecule has 11 heteroatoms. The fourth-order valence-electron chi connectivity index (χ4n) is 5.15. The lowest BCUT2D eigenvalue weighted by molar-refractivity contribution is 0.0780. The lowest BCUT2D eigenvalue weighted by atomic mass is 9.92. The van der Waals surface area contributed by atoms with Crippen molar-refractivity contribution in [3.8, 4) is 11.1 Å². The number of nitrogens with zero attached hydrogens (tertiary/aromatic N) is 3. The van der Waals surface area contributed by atoms with Gasteiger partial charge in [-0.25, -0.2) is 22.9 Å². The second-order valence-corrected chi connectivity index (χ2v) is 10.5. The Labute approximate surface area is 201 Å². The lowest BCUT2D eigenvalue weighted by Gasteiger charge is -2.20. The Morgan fingerprint density at radius 2 is 2.14 bits per heavy atom. The third-order valence-electron chi connectivity index (χ3n) is 6.68. The van der Waals surface area contributed by atoms with Gasteiger partial charge in [-0.1, -0.05) is 6.07 Å². The number of aromatic amines is 1. The number of H-pyrrole nitrogens is 1. The Morgan fingerprint density at radius 1 is 1.26 bits per heavy atom. The fraction of sp³-hybridized carbons (Fsp3) is 0.292. The molecule has 3 aromatic heterocycles. The largest absolute Gasteiger partial charge is 0.373 e. The van der Waals surface area contributed by atoms with Gasteiger partial charge >= 0.3 is 6.03 Å². The van der Waals surface area contributed by atoms with E-state index in [9.17, 15) is 13.2 Å². The molecule has 0 unspecified atom stereocenters. The number of carbonyl (C=O) groups excluding carboxylic acids is 1. The molecule has 0 bridgehead atoms. The summed E-state index contributed by atoms with van der Waals surface area (Å²) in [5.41, 5.74) is 6.81. The second kappa shape index (κ2) is 8.21. The third-order valence-corrected chi connectivity index (χ3v) is 8.05. The minimum absolute atomic E-state index is 0.0507. The zero-order chi connectivity index (χ0) is 24.2. The van der Waals surface area contributed by atoms with Crippen LogP contribution < -0.4 is 10.0 Å². The number of fused-ring (bicyclic) bond motifs is 3. The van der Waals surface area contributed by atoms with Crippen LogP contribution in [0, 0.1) is 6.92 Å². The molecule has 2 amide bonds. The van der Waals surface area contributed by atoms with E-state index in [4.69, 9.17) is 4.74 Å². The molecule has 0 saturated carbocycles. The van der Waals surface area contributed by atoms with Crippen LogP contribution in [0.4, 0.5) is 10.5 Å². The average Bonchev–Trinajstić information content (AvgIpc) is 3.57. The summed E-state index contributed by atoms with van der Waals surface area (Å²) in [6, 6.07) is 5.21. The Hall–Kier alpha value is -3.70. The van der Waals surface area contributed by atoms with E-state index in [-0.39, 0.29) is 11.5 Å². The first-order valence-electron chi connectivity index (χ1n) is 11.5. The third kappa shape index (κ3) is 3.67. The van der Waals surface area contributed by atoms with Crippen molar-refractivity contribution in [1.29, 1.82) is 0 Å². The highest BCUT2D eigenvalue weighted by atomic mass is 32.2. The molecule has 6 rings (SSSR count). The van der Waals surface area contributed by atoms with Crippen molar-refractivity contribution in [2.24, 2.45) is 0 Å². The summed E-state index contributed by atoms with van der Waals surface area (Å²) < 4.78 is 35.3. The maximum atomic E-state index is 13.1. The van der Waals surface area contributed by atoms with Gasteiger partial charge in [-0.15, -0.1) is 0 Å². The number of urea groups is 1. The highest BCUT2D eigenvalue weighted by molar-refractivity contribution is 7.90. The number of nitrogens with one attached hydrogen (secondary N) is 3. The number of aromatic nitrogens is 4. The van der Waals surface area contributed by atoms with Gasteiger partial charge in [-0.05, 0) is 60.6 Å². The Kier molecular flexibility index (Phi) is 5.11. The van der Waals surface area contributed by atoms with Gasteiger partial charge in [0.25, 0.3) is 10.0 Å². The molecule has 180 valence electrons. The molecule has 0 saturated heterocycles. The predicted molar refractivity (Wildman–Crippen MR) is 130 cm³/mol. The van der Waals surface area contributed by atoms with Gasteiger partial charge in [0.15, 0.2) is 0 Å². The minimum Gasteiger partial charge on any atom is -0.373 e. The van der Waals surface area contributed by atoms with Crippen LogP contribution >= 0.6 is 0 Å². The summed E-state index contributed by atoms with van der Waals surface area (Å²) in [6.45, 7) is 3.07. The monoisotopic (exact) mass is 492 g/mol. The molecule has 1 aliphatic carbocycles. The molecule has 0 radical (unpaired) electrons. The maximum absolute atomic E-state index is 13.1. The van der Waals surface area contributed by atoms with Gasteiger partial charge in [-0.3, -0.25) is 4.68 Å². The first-order valence-corrected chi connectivity index (χ1v) is 12.9. The molecular formula is C24H24N6O4S. The zero-order valence-corrected chi connectivity index (χ0v) is 19.9. The van der Waals surface area contributed by atoms with E-state index in [1.165, 1.54) is 11.8 Å². The van der Waals surface area contributed by atoms with Crippen LogP contribution in [0.1, 0.15) is 28.8 Å². The summed E-state index contributed by atoms with van der Waals surface area (Å²) in [5, 5.41) is 7.94. The lowest BCUT2D eigenvalue weighted by Crippen LogP contribution is -2.35. The number of ether oxygens (including phenoxy) is 1. The zero-order valence-electron chi connectivity index (χ0n) is 19.1. The van der Waals surface area contributed by atoms with Crippen molar-refractivity contribution in [2.45, 2.75) is 44.2 Å². The number of amides is 2. The number of carbonyl (C=O) groups is 1. The van der Waals surface area contributed by atoms with Crippen LogP contribution in [0.5, 0.6) is 0 Å². The molecule has 35 heavy (non-hydrogen) atoms. The highest BCUT2D eigenvalue weighted by Gasteiger charge is 2.29. The van der Waals surface area contributed by atoms with Gasteiger partial charge in [0.05, 0.1) is 37.3 Å². The topological polar surface area (TPSA) is 131 Å². The van der Waals surface area contributed by atoms with Crippen molar-refractivity contribution in [2.75, 3.05) is 11.9 Å². The summed E-state index contributed by atoms with van der Waals surface area (Å²) >= 11 is 0. The Bertz CT molecular complexity index is 1590. The smallest absolute Gasteiger partial charge is 0.333 e. The number of aryl methyl sites for hydroxylation is 2. The van der Waals surface area contributed by atoms with E-state index in [1.54, 1.807) is 10.9 Å². The molecule has 1 aliphatic heterocycles. The van der Waals surface area contributed by atoms with Gasteiger partial charge in [0.1, 0.15) is 10.5 Å². The van der Waals surface area contributed by atoms with E-state index in [0.29, 0.717) is 24.5 Å². The van der Waals surface area contributed by atoms with E-state index in [0.717, 1.165) is 52.5 Å². The number of benzene rings is 1. The van der Waals surface area contributed by atoms with E-state index < -0.39 is 16.1 Å². The van der Waals surface area contributed by atoms with Crippen LogP contribution in [0.15, 0.2) is 41.7 Å². The van der Waals surface area contributed by atoms with Gasteiger partial charge in [0.2, 0.25) is 0 Å². The first kappa shape index (κ1) is 21.8. The van der Waals surface area contributed by atoms with Gasteiger partial charge in [-0.2, -0.15) is 5.10 Å². The molecule has 0 spiro atoms. The van der Waals surface area contributed by atoms with Crippen molar-refractivity contribution in [1.82, 2.24) is 24.5 Å². The molecule has 2 aliphatic rings. The van der Waals surface area contributed by atoms with Crippen molar-refractivity contribution in [3.05, 3.63) is 59.2 Å². The Balaban J connectivity index is 1.39. The number of hydrogen-bond donors (Lipinski definition) is 3. The fourth-order valence-corrected chi connectivity index (χ4v) is 6.22. The van der Waals surface area contributed by atoms with Crippen molar-refractivity contribution >= 4 is 32.8 Å². The van der Waals surface area contributed by atoms with E-state index in [1.807, 2.05) is 25.3 Å². The summed E-state index contributed by atoms with van der Waals surface area (Å²) in [4.78, 5) is 20.6. The van der Waals surface area contributed by atoms with Crippen LogP contribution in [0.25, 0.3) is 22.2 Å². The molecule has 1 aromatic carbocycles. The number of hydrogen-bond acceptors (Lipinski definition) is 6. The highest BCUT2D eigenvalue weighted by Crippen LogP contribution is 2.42. The summed E-state index contributed by atoms with van der Waals surface area (Å²) in [5.74, 6) is 0. The summed E-state index contributed by atoms with van der Waals surface area (Å²) in [6.07, 6.45) is 7.51. The van der Waals surface area contributed by atoms with Crippen molar-refractivity contribution < 1.29 is 17.9 Å². The van der Waals surface area contributed by atoms with Gasteiger partial charge in [0, 0.05) is 23.3 Å². The quantitative estimate of drug-likeness (QED) is 0.401. The minimum atomic E-state index is -4.15. The van der Waals surface area contributed by atoms with Crippen LogP contribution in [0.2, 0.25) is 0 Å². The number of sulfonamides is 1. The number of rotatable bonds is 4. The molecular weight excluding hydrogens is 468 g/mol. The van der Waals surface area contributed by atoms with E-state index >= 15 is 0 Å². The SMILES string of the molecule is Cc1cc2c(c(NC(=O)NS(=O)(=O)c3cnn4c3COCC4)c1-c1ccnc3[nH]ccc13)CCC2. The molecule has 0 fully saturated rings. The number of anilines is 1. The van der Waals surface area contributed by atoms with Crippen molar-refractivity contribution in [3.63, 3.8) is 0 Å². The Morgan fingerprint density at radius 3 is 3.03 bits per heavy atom. The first-order chi connectivity index (χ1) is 16.9. The normalized spacial score (nSPS) is 15.1. The van der Waals surface area contributed by atoms with Crippen LogP contribution in [-0.4, -0.2) is 40.8 Å². The van der Waals surface area contributed by atoms with Crippen LogP contribution in [-0.2, 0) is 40.8 Å². The van der Waals surface area contributed by atoms with E-state index in [2.05, 4.69) is 31.2 Å². The molecule has 10 nitrogen and oxygen atoms in total. The molecule has 4 aromatic rings. The molecule has 4 heterocycles. The predicted octanol–water partition coefficient (Wildman–Crippen LogP) is 3.26. The number of pyridine rings is 1. The molecule has 3 N–H and O–H groups in total. The molecule has 0 atom stereocenters. The maximum Gasteiger partial charge on any atom is 0.333 e. The average molecular weight is 493 g/mol. The van der Waals surface area contributed by atoms with Gasteiger partial charge < -0.3 is 15.0 Å². The summed E-state index contributed by atoms with van der Waals surface area (Å²) in [7, 11) is -4.15. The second-order valence-electron chi connectivity index (χ2n) is 8.82. The van der Waals surface area contributed by atoms with Crippen LogP contribution in [0.3, 0.4) is 0 Å². The standard InChI is InChI=1S/C24H24N6O4S/c1-14-11-15-3-2-4-16(15)22(21(14)17-5-7-25-23-18(17)6-8-26-23)28-24(31)29-35(32,33)20-12-27-30-9-10-34-13-19(20)30/h5-8,11-12H,2-4,9-10,13H2,1H3,(H,25,26)(H2,28,29,31).